The fourth-order valence-electron chi connectivity index (χ4n) is 10.5. The van der Waals surface area contributed by atoms with Gasteiger partial charge in [0, 0.05) is 0 Å². The Kier molecular flexibility index (Phi) is 8.26. The molecule has 4 heteroatoms. The quantitative estimate of drug-likeness (QED) is 0.162. The second kappa shape index (κ2) is 13.9. The van der Waals surface area contributed by atoms with Crippen LogP contribution < -0.4 is 0 Å². The third-order valence-electron chi connectivity index (χ3n) is 13.6. The molecule has 2 heterocycles. The predicted octanol–water partition coefficient (Wildman–Crippen LogP) is 13.9. The van der Waals surface area contributed by atoms with E-state index in [-0.39, 0.29) is 14.5 Å². The van der Waals surface area contributed by atoms with E-state index in [1.54, 1.807) is 0 Å². The maximum absolute atomic E-state index is 5.14. The second-order valence-corrected chi connectivity index (χ2v) is 19.1. The summed E-state index contributed by atoms with van der Waals surface area (Å²) in [5, 5.41) is 17.4. The topological polar surface area (TPSA) is 38.7 Å². The van der Waals surface area contributed by atoms with Gasteiger partial charge in [0.1, 0.15) is 0 Å². The van der Waals surface area contributed by atoms with Crippen LogP contribution in [0.2, 0.25) is 0 Å². The number of hydrogen-bond donors (Lipinski definition) is 0. The van der Waals surface area contributed by atoms with Gasteiger partial charge in [-0.1, -0.05) is 12.1 Å². The standard InChI is InChI=1S/C57H41N3Se/c1-32-28-45-39-20-10-8-18-37(39)30-47(45)51(34(32)3)44-26-27-50-54(43-24-14-15-25-49(43)61-50)53(44)41-22-12-13-23-42(41)57-55(56(58-60-59-57)36-16-6-5-7-17-36)52-35(4)33(2)29-46-40-21-11-9-19-38(40)31-48(46)52/h5-29H,30-31H2,1-4H3. The van der Waals surface area contributed by atoms with Crippen LogP contribution in [0.15, 0.2) is 152 Å². The van der Waals surface area contributed by atoms with Crippen LogP contribution in [0.4, 0.5) is 0 Å². The van der Waals surface area contributed by atoms with Crippen molar-refractivity contribution in [3.05, 3.63) is 196 Å². The number of nitrogens with zero attached hydrogens (tertiary/aromatic N) is 3. The first kappa shape index (κ1) is 36.2. The van der Waals surface area contributed by atoms with Crippen LogP contribution in [0.5, 0.6) is 0 Å². The fraction of sp³-hybridized carbons (Fsp3) is 0.105. The molecule has 0 N–H and O–H groups in total. The summed E-state index contributed by atoms with van der Waals surface area (Å²) in [6, 6.07) is 56.1. The summed E-state index contributed by atoms with van der Waals surface area (Å²) in [5.74, 6) is 0. The van der Waals surface area contributed by atoms with Crippen molar-refractivity contribution in [1.29, 1.82) is 0 Å². The summed E-state index contributed by atoms with van der Waals surface area (Å²) in [6.07, 6.45) is 1.77. The molecule has 0 radical (unpaired) electrons. The average Bonchev–Trinajstić information content (AvgIpc) is 3.98. The van der Waals surface area contributed by atoms with Crippen LogP contribution in [0.25, 0.3) is 97.4 Å². The molecule has 0 unspecified atom stereocenters. The van der Waals surface area contributed by atoms with Gasteiger partial charge < -0.3 is 0 Å². The van der Waals surface area contributed by atoms with Crippen LogP contribution in [0.1, 0.15) is 44.5 Å². The summed E-state index contributed by atoms with van der Waals surface area (Å²) in [7, 11) is 0. The number of aromatic nitrogens is 3. The first-order chi connectivity index (χ1) is 29.9. The molecule has 61 heavy (non-hydrogen) atoms. The summed E-state index contributed by atoms with van der Waals surface area (Å²) < 4.78 is 2.85. The van der Waals surface area contributed by atoms with Crippen LogP contribution >= 0.6 is 0 Å². The Labute approximate surface area is 362 Å². The van der Waals surface area contributed by atoms with Crippen molar-refractivity contribution < 1.29 is 0 Å². The molecule has 290 valence electrons. The molecule has 8 aromatic carbocycles. The Balaban J connectivity index is 1.20. The van der Waals surface area contributed by atoms with Gasteiger partial charge in [-0.3, -0.25) is 0 Å². The van der Waals surface area contributed by atoms with Gasteiger partial charge >= 0.3 is 352 Å². The maximum atomic E-state index is 5.14. The number of fused-ring (bicyclic) bond motifs is 9. The van der Waals surface area contributed by atoms with E-state index in [1.165, 1.54) is 108 Å². The molecule has 0 bridgehead atoms. The molecular weight excluding hydrogens is 806 g/mol. The normalized spacial score (nSPS) is 12.5. The van der Waals surface area contributed by atoms with Gasteiger partial charge in [0.2, 0.25) is 0 Å². The average molecular weight is 847 g/mol. The zero-order valence-electron chi connectivity index (χ0n) is 34.6. The van der Waals surface area contributed by atoms with E-state index < -0.39 is 0 Å². The van der Waals surface area contributed by atoms with Gasteiger partial charge in [0.05, 0.1) is 0 Å². The molecule has 0 atom stereocenters. The molecule has 10 aromatic rings. The van der Waals surface area contributed by atoms with E-state index in [2.05, 4.69) is 185 Å². The minimum atomic E-state index is 0.185. The second-order valence-electron chi connectivity index (χ2n) is 16.8. The monoisotopic (exact) mass is 847 g/mol. The van der Waals surface area contributed by atoms with Crippen LogP contribution in [-0.4, -0.2) is 29.9 Å². The molecule has 2 aliphatic carbocycles. The van der Waals surface area contributed by atoms with E-state index in [4.69, 9.17) is 10.2 Å². The first-order valence-corrected chi connectivity index (χ1v) is 22.9. The molecule has 0 fully saturated rings. The van der Waals surface area contributed by atoms with Crippen molar-refractivity contribution >= 4 is 33.8 Å². The third-order valence-corrected chi connectivity index (χ3v) is 16.0. The van der Waals surface area contributed by atoms with Crippen molar-refractivity contribution in [2.45, 2.75) is 40.5 Å². The number of benzene rings is 8. The Hall–Kier alpha value is -6.71. The fourth-order valence-corrected chi connectivity index (χ4v) is 12.8. The van der Waals surface area contributed by atoms with Crippen molar-refractivity contribution in [2.24, 2.45) is 0 Å². The van der Waals surface area contributed by atoms with Crippen molar-refractivity contribution in [1.82, 2.24) is 15.4 Å². The summed E-state index contributed by atoms with van der Waals surface area (Å²) in [5.41, 5.74) is 27.1. The molecular formula is C57H41N3Se. The van der Waals surface area contributed by atoms with Gasteiger partial charge in [-0.05, 0) is 0 Å². The van der Waals surface area contributed by atoms with Crippen molar-refractivity contribution in [3.63, 3.8) is 0 Å². The summed E-state index contributed by atoms with van der Waals surface area (Å²) in [4.78, 5) is 0. The molecule has 0 saturated carbocycles. The van der Waals surface area contributed by atoms with Gasteiger partial charge in [-0.25, -0.2) is 0 Å². The molecule has 2 aliphatic rings. The van der Waals surface area contributed by atoms with E-state index in [9.17, 15) is 0 Å². The first-order valence-electron chi connectivity index (χ1n) is 21.2. The Morgan fingerprint density at radius 1 is 0.410 bits per heavy atom. The number of aryl methyl sites for hydroxylation is 2. The van der Waals surface area contributed by atoms with E-state index in [0.29, 0.717) is 0 Å². The molecule has 12 rings (SSSR count). The van der Waals surface area contributed by atoms with Crippen LogP contribution in [0.3, 0.4) is 0 Å². The molecule has 0 aliphatic heterocycles. The molecule has 0 spiro atoms. The zero-order valence-corrected chi connectivity index (χ0v) is 36.3. The third kappa shape index (κ3) is 5.46. The van der Waals surface area contributed by atoms with Crippen molar-refractivity contribution in [2.75, 3.05) is 0 Å². The van der Waals surface area contributed by atoms with E-state index >= 15 is 0 Å². The SMILES string of the molecule is Cc1cc2c(c(-c3ccc4[se]c5ccccc5c4c3-c3ccccc3-c3nnnc(-c4ccccc4)c3-c3c(C)c(C)cc4c3Cc3ccccc3-4)c1C)Cc1ccccc1-2. The van der Waals surface area contributed by atoms with Crippen LogP contribution in [0, 0.1) is 27.7 Å². The predicted molar refractivity (Wildman–Crippen MR) is 254 cm³/mol. The number of hydrogen-bond acceptors (Lipinski definition) is 3. The van der Waals surface area contributed by atoms with Crippen LogP contribution in [-0.2, 0) is 12.8 Å². The molecule has 2 aromatic heterocycles. The Morgan fingerprint density at radius 3 is 1.67 bits per heavy atom. The molecule has 3 nitrogen and oxygen atoms in total. The Morgan fingerprint density at radius 2 is 0.967 bits per heavy atom. The van der Waals surface area contributed by atoms with Crippen molar-refractivity contribution in [3.8, 4) is 78.1 Å². The summed E-state index contributed by atoms with van der Waals surface area (Å²) in [6.45, 7) is 9.13. The molecule has 0 saturated heterocycles. The summed E-state index contributed by atoms with van der Waals surface area (Å²) >= 11 is 0.185. The van der Waals surface area contributed by atoms with E-state index in [1.807, 2.05) is 0 Å². The van der Waals surface area contributed by atoms with Gasteiger partial charge in [-0.15, -0.1) is 0 Å². The van der Waals surface area contributed by atoms with E-state index in [0.717, 1.165) is 46.5 Å². The van der Waals surface area contributed by atoms with Gasteiger partial charge in [0.15, 0.2) is 0 Å². The minimum absolute atomic E-state index is 0.185. The number of rotatable bonds is 5. The van der Waals surface area contributed by atoms with Gasteiger partial charge in [-0.2, -0.15) is 0 Å². The van der Waals surface area contributed by atoms with Gasteiger partial charge in [0.25, 0.3) is 0 Å². The molecule has 0 amide bonds. The zero-order chi connectivity index (χ0) is 40.9. The Bertz CT molecular complexity index is 3470.